The van der Waals surface area contributed by atoms with Crippen LogP contribution in [0.1, 0.15) is 33.1 Å². The molecule has 1 saturated carbocycles. The highest BCUT2D eigenvalue weighted by atomic mass is 16.7. The van der Waals surface area contributed by atoms with E-state index in [1.807, 2.05) is 13.8 Å². The molecule has 2 atom stereocenters. The Morgan fingerprint density at radius 3 is 2.62 bits per heavy atom. The average molecular weight is 183 g/mol. The molecule has 1 aliphatic carbocycles. The molecular weight excluding hydrogens is 166 g/mol. The summed E-state index contributed by atoms with van der Waals surface area (Å²) >= 11 is 0. The zero-order chi connectivity index (χ0) is 9.42. The van der Waals surface area contributed by atoms with E-state index in [4.69, 9.17) is 4.84 Å². The predicted molar refractivity (Wildman–Crippen MR) is 48.8 cm³/mol. The largest absolute Gasteiger partial charge is 0.272 e. The number of rotatable bonds is 2. The van der Waals surface area contributed by atoms with Crippen LogP contribution in [0.5, 0.6) is 0 Å². The van der Waals surface area contributed by atoms with Crippen molar-refractivity contribution >= 4 is 5.91 Å². The zero-order valence-corrected chi connectivity index (χ0v) is 8.32. The van der Waals surface area contributed by atoms with Crippen LogP contribution >= 0.6 is 0 Å². The first-order valence-electron chi connectivity index (χ1n) is 5.16. The maximum absolute atomic E-state index is 11.8. The summed E-state index contributed by atoms with van der Waals surface area (Å²) in [7, 11) is 0. The average Bonchev–Trinajstić information content (AvgIpc) is 2.87. The zero-order valence-electron chi connectivity index (χ0n) is 8.32. The van der Waals surface area contributed by atoms with Crippen LogP contribution in [0, 0.1) is 11.8 Å². The van der Waals surface area contributed by atoms with Crippen LogP contribution in [-0.2, 0) is 9.63 Å². The second-order valence-electron chi connectivity index (χ2n) is 4.26. The number of hydrogen-bond acceptors (Lipinski definition) is 2. The minimum atomic E-state index is 0.167. The van der Waals surface area contributed by atoms with Crippen molar-refractivity contribution in [3.8, 4) is 0 Å². The molecule has 2 fully saturated rings. The van der Waals surface area contributed by atoms with Crippen LogP contribution in [0.2, 0.25) is 0 Å². The molecule has 0 radical (unpaired) electrons. The molecule has 2 aliphatic rings. The summed E-state index contributed by atoms with van der Waals surface area (Å²) in [6.07, 6.45) is 3.41. The summed E-state index contributed by atoms with van der Waals surface area (Å²) in [4.78, 5) is 17.1. The third-order valence-corrected chi connectivity index (χ3v) is 3.10. The highest BCUT2D eigenvalue weighted by molar-refractivity contribution is 5.78. The molecule has 0 aromatic rings. The molecule has 3 heteroatoms. The Balaban J connectivity index is 1.94. The van der Waals surface area contributed by atoms with Gasteiger partial charge in [-0.2, -0.15) is 0 Å². The standard InChI is InChI=1S/C10H17NO2/c1-7-5-6-13-11(7)10(12)8(2)9-3-4-9/h7-9H,3-6H2,1-2H3. The molecule has 3 nitrogen and oxygen atoms in total. The number of carbonyl (C=O) groups is 1. The first kappa shape index (κ1) is 9.00. The summed E-state index contributed by atoms with van der Waals surface area (Å²) in [6, 6.07) is 0.272. The Morgan fingerprint density at radius 1 is 1.46 bits per heavy atom. The normalized spacial score (nSPS) is 30.6. The van der Waals surface area contributed by atoms with E-state index in [0.29, 0.717) is 12.5 Å². The Bertz CT molecular complexity index is 213. The van der Waals surface area contributed by atoms with Gasteiger partial charge in [0.05, 0.1) is 12.6 Å². The molecule has 1 amide bonds. The third-order valence-electron chi connectivity index (χ3n) is 3.10. The van der Waals surface area contributed by atoms with Crippen LogP contribution in [0.25, 0.3) is 0 Å². The second-order valence-corrected chi connectivity index (χ2v) is 4.26. The van der Waals surface area contributed by atoms with Gasteiger partial charge in [0.15, 0.2) is 0 Å². The van der Waals surface area contributed by atoms with E-state index in [9.17, 15) is 4.79 Å². The summed E-state index contributed by atoms with van der Waals surface area (Å²) in [5.74, 6) is 0.983. The fourth-order valence-electron chi connectivity index (χ4n) is 1.85. The first-order chi connectivity index (χ1) is 6.20. The van der Waals surface area contributed by atoms with Gasteiger partial charge in [-0.15, -0.1) is 0 Å². The lowest BCUT2D eigenvalue weighted by Gasteiger charge is -2.22. The Kier molecular flexibility index (Phi) is 2.28. The smallest absolute Gasteiger partial charge is 0.249 e. The van der Waals surface area contributed by atoms with Gasteiger partial charge in [0.25, 0.3) is 0 Å². The van der Waals surface area contributed by atoms with Gasteiger partial charge in [-0.05, 0) is 32.1 Å². The van der Waals surface area contributed by atoms with Gasteiger partial charge in [-0.3, -0.25) is 9.63 Å². The van der Waals surface area contributed by atoms with Crippen LogP contribution < -0.4 is 0 Å². The van der Waals surface area contributed by atoms with Crippen molar-refractivity contribution in [3.63, 3.8) is 0 Å². The van der Waals surface area contributed by atoms with E-state index in [2.05, 4.69) is 0 Å². The van der Waals surface area contributed by atoms with Crippen molar-refractivity contribution in [1.29, 1.82) is 0 Å². The van der Waals surface area contributed by atoms with E-state index in [1.165, 1.54) is 12.8 Å². The van der Waals surface area contributed by atoms with Gasteiger partial charge in [0, 0.05) is 5.92 Å². The highest BCUT2D eigenvalue weighted by Gasteiger charge is 2.38. The van der Waals surface area contributed by atoms with Crippen molar-refractivity contribution < 1.29 is 9.63 Å². The van der Waals surface area contributed by atoms with Crippen molar-refractivity contribution in [3.05, 3.63) is 0 Å². The Labute approximate surface area is 79.0 Å². The lowest BCUT2D eigenvalue weighted by molar-refractivity contribution is -0.180. The van der Waals surface area contributed by atoms with E-state index >= 15 is 0 Å². The molecule has 0 N–H and O–H groups in total. The quantitative estimate of drug-likeness (QED) is 0.650. The van der Waals surface area contributed by atoms with Crippen LogP contribution in [0.15, 0.2) is 0 Å². The molecule has 0 spiro atoms. The summed E-state index contributed by atoms with van der Waals surface area (Å²) in [5.41, 5.74) is 0. The minimum Gasteiger partial charge on any atom is -0.272 e. The van der Waals surface area contributed by atoms with Crippen molar-refractivity contribution in [1.82, 2.24) is 5.06 Å². The topological polar surface area (TPSA) is 29.5 Å². The van der Waals surface area contributed by atoms with E-state index in [-0.39, 0.29) is 17.9 Å². The molecule has 2 rings (SSSR count). The highest BCUT2D eigenvalue weighted by Crippen LogP contribution is 2.38. The second kappa shape index (κ2) is 3.29. The molecular formula is C10H17NO2. The fourth-order valence-corrected chi connectivity index (χ4v) is 1.85. The molecule has 13 heavy (non-hydrogen) atoms. The van der Waals surface area contributed by atoms with Gasteiger partial charge in [0.1, 0.15) is 0 Å². The molecule has 74 valence electrons. The lowest BCUT2D eigenvalue weighted by Crippen LogP contribution is -2.37. The van der Waals surface area contributed by atoms with Gasteiger partial charge in [-0.1, -0.05) is 6.92 Å². The van der Waals surface area contributed by atoms with Crippen LogP contribution in [0.4, 0.5) is 0 Å². The monoisotopic (exact) mass is 183 g/mol. The SMILES string of the molecule is CC(C(=O)N1OCCC1C)C1CC1. The van der Waals surface area contributed by atoms with Crippen LogP contribution in [-0.4, -0.2) is 23.6 Å². The van der Waals surface area contributed by atoms with Gasteiger partial charge >= 0.3 is 0 Å². The number of nitrogens with zero attached hydrogens (tertiary/aromatic N) is 1. The van der Waals surface area contributed by atoms with Gasteiger partial charge in [0.2, 0.25) is 5.91 Å². The Hall–Kier alpha value is -0.570. The maximum Gasteiger partial charge on any atom is 0.249 e. The fraction of sp³-hybridized carbons (Fsp3) is 0.900. The first-order valence-corrected chi connectivity index (χ1v) is 5.16. The Morgan fingerprint density at radius 2 is 2.15 bits per heavy atom. The van der Waals surface area contributed by atoms with E-state index in [0.717, 1.165) is 6.42 Å². The molecule has 0 aromatic heterocycles. The molecule has 1 heterocycles. The summed E-state index contributed by atoms with van der Waals surface area (Å²) in [5, 5.41) is 1.59. The number of hydrogen-bond donors (Lipinski definition) is 0. The van der Waals surface area contributed by atoms with Crippen molar-refractivity contribution in [2.24, 2.45) is 11.8 Å². The predicted octanol–water partition coefficient (Wildman–Crippen LogP) is 1.58. The molecule has 1 aliphatic heterocycles. The summed E-state index contributed by atoms with van der Waals surface area (Å²) < 4.78 is 0. The molecule has 0 aromatic carbocycles. The van der Waals surface area contributed by atoms with Gasteiger partial charge < -0.3 is 0 Å². The van der Waals surface area contributed by atoms with Crippen LogP contribution in [0.3, 0.4) is 0 Å². The molecule has 2 unspecified atom stereocenters. The lowest BCUT2D eigenvalue weighted by atomic mass is 10.1. The minimum absolute atomic E-state index is 0.167. The number of amides is 1. The summed E-state index contributed by atoms with van der Waals surface area (Å²) in [6.45, 7) is 4.77. The van der Waals surface area contributed by atoms with Crippen molar-refractivity contribution in [2.45, 2.75) is 39.2 Å². The third kappa shape index (κ3) is 1.70. The van der Waals surface area contributed by atoms with E-state index < -0.39 is 0 Å². The maximum atomic E-state index is 11.8. The molecule has 1 saturated heterocycles. The van der Waals surface area contributed by atoms with Crippen molar-refractivity contribution in [2.75, 3.05) is 6.61 Å². The number of carbonyl (C=O) groups excluding carboxylic acids is 1. The number of hydroxylamine groups is 2. The molecule has 0 bridgehead atoms. The van der Waals surface area contributed by atoms with Gasteiger partial charge in [-0.25, -0.2) is 5.06 Å². The van der Waals surface area contributed by atoms with E-state index in [1.54, 1.807) is 5.06 Å².